The van der Waals surface area contributed by atoms with Crippen LogP contribution in [0.3, 0.4) is 0 Å². The third-order valence-corrected chi connectivity index (χ3v) is 9.45. The van der Waals surface area contributed by atoms with E-state index in [1.807, 2.05) is 103 Å². The molecule has 1 unspecified atom stereocenters. The molecule has 0 fully saturated rings. The van der Waals surface area contributed by atoms with E-state index in [-0.39, 0.29) is 0 Å². The van der Waals surface area contributed by atoms with Gasteiger partial charge in [0.2, 0.25) is 0 Å². The summed E-state index contributed by atoms with van der Waals surface area (Å²) in [4.78, 5) is 19.6. The van der Waals surface area contributed by atoms with Crippen molar-refractivity contribution in [1.82, 2.24) is 38.5 Å². The number of para-hydroxylation sites is 7. The van der Waals surface area contributed by atoms with Crippen molar-refractivity contribution < 1.29 is 5.11 Å². The number of allylic oxidation sites excluding steroid dienone is 3. The Labute approximate surface area is 310 Å². The smallest absolute Gasteiger partial charge is 0.124 e. The number of aliphatic hydroxyl groups excluding tert-OH is 1. The van der Waals surface area contributed by atoms with Crippen LogP contribution in [0.5, 0.6) is 0 Å². The second kappa shape index (κ2) is 16.7. The molecule has 2 N–H and O–H groups in total. The first-order chi connectivity index (χ1) is 26.0. The highest BCUT2D eigenvalue weighted by Crippen LogP contribution is 2.22. The number of aliphatic hydroxyl groups is 1. The van der Waals surface area contributed by atoms with Gasteiger partial charge in [0.1, 0.15) is 17.5 Å². The molecule has 0 radical (unpaired) electrons. The number of hydrogen-bond donors (Lipinski definition) is 2. The van der Waals surface area contributed by atoms with Gasteiger partial charge in [-0.05, 0) is 48.5 Å². The third kappa shape index (κ3) is 8.15. The molecule has 0 aliphatic carbocycles. The van der Waals surface area contributed by atoms with Crippen LogP contribution in [0.4, 0.5) is 5.69 Å². The summed E-state index contributed by atoms with van der Waals surface area (Å²) in [7, 11) is 0. The van der Waals surface area contributed by atoms with Crippen molar-refractivity contribution in [2.75, 3.05) is 25.1 Å². The van der Waals surface area contributed by atoms with Crippen LogP contribution < -0.4 is 5.32 Å². The standard InChI is InChI=1S/C43H47N9O/c1-4-24-50-38-21-13-10-18-35(38)45-41(50)29-48(30-42-46-36-19-11-14-22-39(36)51(42)25-5-2)27-34(53)28-49(32-44-33-16-8-7-9-17-33)31-43-47-37-20-12-15-23-40(37)52(43)26-6-3/h4-23,34,44,53H,1-3,24-32H2. The van der Waals surface area contributed by atoms with Crippen molar-refractivity contribution in [1.29, 1.82) is 0 Å². The van der Waals surface area contributed by atoms with Gasteiger partial charge in [0.05, 0.1) is 65.5 Å². The highest BCUT2D eigenvalue weighted by Gasteiger charge is 2.23. The fourth-order valence-electron chi connectivity index (χ4n) is 7.12. The van der Waals surface area contributed by atoms with Crippen LogP contribution in [-0.2, 0) is 39.3 Å². The van der Waals surface area contributed by atoms with E-state index in [1.165, 1.54) is 0 Å². The van der Waals surface area contributed by atoms with Crippen molar-refractivity contribution in [3.63, 3.8) is 0 Å². The minimum Gasteiger partial charge on any atom is -0.390 e. The molecule has 3 heterocycles. The van der Waals surface area contributed by atoms with Gasteiger partial charge in [-0.25, -0.2) is 15.0 Å². The number of anilines is 1. The van der Waals surface area contributed by atoms with Crippen molar-refractivity contribution >= 4 is 38.8 Å². The number of aromatic nitrogens is 6. The predicted molar refractivity (Wildman–Crippen MR) is 215 cm³/mol. The molecule has 7 aromatic rings. The van der Waals surface area contributed by atoms with Crippen LogP contribution in [0.1, 0.15) is 17.5 Å². The molecule has 0 aliphatic rings. The summed E-state index contributed by atoms with van der Waals surface area (Å²) in [6.45, 7) is 16.8. The molecule has 0 spiro atoms. The zero-order chi connectivity index (χ0) is 36.6. The monoisotopic (exact) mass is 705 g/mol. The minimum absolute atomic E-state index is 0.388. The Kier molecular flexibility index (Phi) is 11.2. The lowest BCUT2D eigenvalue weighted by molar-refractivity contribution is 0.0647. The molecule has 10 nitrogen and oxygen atoms in total. The quantitative estimate of drug-likeness (QED) is 0.0678. The van der Waals surface area contributed by atoms with Crippen LogP contribution in [0.2, 0.25) is 0 Å². The van der Waals surface area contributed by atoms with Gasteiger partial charge < -0.3 is 24.1 Å². The fraction of sp³-hybridized carbons (Fsp3) is 0.233. The van der Waals surface area contributed by atoms with E-state index < -0.39 is 6.10 Å². The average molecular weight is 706 g/mol. The zero-order valence-electron chi connectivity index (χ0n) is 30.1. The van der Waals surface area contributed by atoms with Crippen molar-refractivity contribution in [2.45, 2.75) is 45.4 Å². The molecule has 1 atom stereocenters. The molecule has 53 heavy (non-hydrogen) atoms. The fourth-order valence-corrected chi connectivity index (χ4v) is 7.12. The van der Waals surface area contributed by atoms with Gasteiger partial charge in [0.25, 0.3) is 0 Å². The molecule has 0 bridgehead atoms. The molecule has 7 rings (SSSR count). The van der Waals surface area contributed by atoms with E-state index in [9.17, 15) is 5.11 Å². The van der Waals surface area contributed by atoms with Crippen molar-refractivity contribution in [3.8, 4) is 0 Å². The number of hydrogen-bond acceptors (Lipinski definition) is 7. The van der Waals surface area contributed by atoms with Crippen LogP contribution in [0, 0.1) is 0 Å². The molecule has 10 heteroatoms. The summed E-state index contributed by atoms with van der Waals surface area (Å²) in [5, 5.41) is 15.6. The first kappa shape index (κ1) is 35.6. The Balaban J connectivity index is 1.19. The Morgan fingerprint density at radius 3 is 1.36 bits per heavy atom. The average Bonchev–Trinajstić information content (AvgIpc) is 3.82. The minimum atomic E-state index is -0.709. The molecule has 0 amide bonds. The van der Waals surface area contributed by atoms with E-state index in [1.54, 1.807) is 0 Å². The normalized spacial score (nSPS) is 12.3. The summed E-state index contributed by atoms with van der Waals surface area (Å²) < 4.78 is 6.61. The second-order valence-electron chi connectivity index (χ2n) is 13.3. The Morgan fingerprint density at radius 1 is 0.547 bits per heavy atom. The number of nitrogens with one attached hydrogen (secondary N) is 1. The van der Waals surface area contributed by atoms with Crippen molar-refractivity contribution in [2.24, 2.45) is 0 Å². The van der Waals surface area contributed by atoms with Gasteiger partial charge in [-0.1, -0.05) is 72.8 Å². The molecule has 0 saturated heterocycles. The molecular formula is C43H47N9O. The summed E-state index contributed by atoms with van der Waals surface area (Å²) in [5.41, 5.74) is 7.00. The van der Waals surface area contributed by atoms with Crippen LogP contribution >= 0.6 is 0 Å². The van der Waals surface area contributed by atoms with E-state index in [4.69, 9.17) is 15.0 Å². The maximum Gasteiger partial charge on any atom is 0.124 e. The highest BCUT2D eigenvalue weighted by atomic mass is 16.3. The van der Waals surface area contributed by atoms with E-state index in [0.717, 1.165) is 56.3 Å². The number of imidazole rings is 3. The SMILES string of the molecule is C=CCn1c(CN(CNc2ccccc2)CC(O)CN(Cc2nc3ccccc3n2CC=C)Cc2nc3ccccc3n2CC=C)nc2ccccc21. The van der Waals surface area contributed by atoms with E-state index in [2.05, 4.69) is 66.8 Å². The predicted octanol–water partition coefficient (Wildman–Crippen LogP) is 7.23. The maximum atomic E-state index is 12.0. The maximum absolute atomic E-state index is 12.0. The van der Waals surface area contributed by atoms with Crippen LogP contribution in [-0.4, -0.2) is 69.4 Å². The topological polar surface area (TPSA) is 92.2 Å². The largest absolute Gasteiger partial charge is 0.390 e. The molecule has 4 aromatic carbocycles. The molecule has 0 aliphatic heterocycles. The summed E-state index contributed by atoms with van der Waals surface area (Å²) >= 11 is 0. The number of benzene rings is 4. The Bertz CT molecular complexity index is 2230. The van der Waals surface area contributed by atoms with Gasteiger partial charge in [-0.2, -0.15) is 0 Å². The highest BCUT2D eigenvalue weighted by molar-refractivity contribution is 5.77. The van der Waals surface area contributed by atoms with Gasteiger partial charge in [-0.3, -0.25) is 9.80 Å². The van der Waals surface area contributed by atoms with Crippen LogP contribution in [0.25, 0.3) is 33.1 Å². The van der Waals surface area contributed by atoms with Crippen molar-refractivity contribution in [3.05, 3.63) is 159 Å². The molecule has 270 valence electrons. The van der Waals surface area contributed by atoms with E-state index >= 15 is 0 Å². The lowest BCUT2D eigenvalue weighted by Gasteiger charge is -2.29. The summed E-state index contributed by atoms with van der Waals surface area (Å²) in [6.07, 6.45) is 4.99. The molecule has 0 saturated carbocycles. The van der Waals surface area contributed by atoms with Gasteiger partial charge >= 0.3 is 0 Å². The lowest BCUT2D eigenvalue weighted by atomic mass is 10.2. The number of nitrogens with zero attached hydrogens (tertiary/aromatic N) is 8. The lowest BCUT2D eigenvalue weighted by Crippen LogP contribution is -2.42. The third-order valence-electron chi connectivity index (χ3n) is 9.45. The molecular weight excluding hydrogens is 659 g/mol. The van der Waals surface area contributed by atoms with Crippen LogP contribution in [0.15, 0.2) is 141 Å². The summed E-state index contributed by atoms with van der Waals surface area (Å²) in [5.74, 6) is 2.73. The first-order valence-electron chi connectivity index (χ1n) is 18.1. The number of rotatable bonds is 19. The Hall–Kier alpha value is -5.81. The molecule has 3 aromatic heterocycles. The number of fused-ring (bicyclic) bond motifs is 3. The zero-order valence-corrected chi connectivity index (χ0v) is 30.1. The van der Waals surface area contributed by atoms with Gasteiger partial charge in [0, 0.05) is 38.4 Å². The van der Waals surface area contributed by atoms with Gasteiger partial charge in [-0.15, -0.1) is 19.7 Å². The van der Waals surface area contributed by atoms with Gasteiger partial charge in [0.15, 0.2) is 0 Å². The second-order valence-corrected chi connectivity index (χ2v) is 13.3. The Morgan fingerprint density at radius 2 is 0.925 bits per heavy atom. The summed E-state index contributed by atoms with van der Waals surface area (Å²) in [6, 6.07) is 34.7. The van der Waals surface area contributed by atoms with E-state index in [0.29, 0.717) is 59.0 Å². The first-order valence-corrected chi connectivity index (χ1v) is 18.1.